The second kappa shape index (κ2) is 5.03. The third-order valence-electron chi connectivity index (χ3n) is 2.50. The second-order valence-electron chi connectivity index (χ2n) is 3.81. The van der Waals surface area contributed by atoms with Crippen LogP contribution in [0.5, 0.6) is 0 Å². The first-order valence-electron chi connectivity index (χ1n) is 5.35. The normalized spacial score (nSPS) is 9.89. The summed E-state index contributed by atoms with van der Waals surface area (Å²) in [7, 11) is 1.88. The van der Waals surface area contributed by atoms with Crippen molar-refractivity contribution in [2.45, 2.75) is 6.92 Å². The molecule has 0 amide bonds. The molecule has 0 aliphatic rings. The van der Waals surface area contributed by atoms with E-state index in [0.717, 1.165) is 5.69 Å². The third kappa shape index (κ3) is 2.58. The molecular formula is C13H11ClN4. The average molecular weight is 259 g/mol. The van der Waals surface area contributed by atoms with Crippen molar-refractivity contribution in [3.05, 3.63) is 46.9 Å². The molecule has 0 bridgehead atoms. The van der Waals surface area contributed by atoms with Crippen LogP contribution in [0.4, 0.5) is 11.5 Å². The van der Waals surface area contributed by atoms with Crippen molar-refractivity contribution >= 4 is 23.1 Å². The largest absolute Gasteiger partial charge is 0.329 e. The van der Waals surface area contributed by atoms with Gasteiger partial charge >= 0.3 is 0 Å². The fraction of sp³-hybridized carbons (Fsp3) is 0.154. The molecule has 5 heteroatoms. The molecule has 1 aromatic heterocycles. The molecule has 0 fully saturated rings. The van der Waals surface area contributed by atoms with E-state index in [1.165, 1.54) is 0 Å². The SMILES string of the molecule is Cc1nc(C#N)cc(N(C)c2ccc(Cl)cc2)n1. The van der Waals surface area contributed by atoms with Gasteiger partial charge in [-0.25, -0.2) is 9.97 Å². The summed E-state index contributed by atoms with van der Waals surface area (Å²) in [5.74, 6) is 1.26. The molecule has 2 rings (SSSR count). The number of anilines is 2. The van der Waals surface area contributed by atoms with Crippen LogP contribution in [0.2, 0.25) is 5.02 Å². The van der Waals surface area contributed by atoms with Gasteiger partial charge in [-0.1, -0.05) is 11.6 Å². The minimum atomic E-state index is 0.360. The number of halogens is 1. The van der Waals surface area contributed by atoms with Crippen molar-refractivity contribution in [1.82, 2.24) is 9.97 Å². The number of nitrogens with zero attached hydrogens (tertiary/aromatic N) is 4. The van der Waals surface area contributed by atoms with E-state index in [2.05, 4.69) is 9.97 Å². The van der Waals surface area contributed by atoms with E-state index < -0.39 is 0 Å². The van der Waals surface area contributed by atoms with E-state index in [-0.39, 0.29) is 0 Å². The minimum Gasteiger partial charge on any atom is -0.329 e. The molecular weight excluding hydrogens is 248 g/mol. The Kier molecular flexibility index (Phi) is 3.45. The van der Waals surface area contributed by atoms with E-state index in [9.17, 15) is 0 Å². The van der Waals surface area contributed by atoms with Gasteiger partial charge in [-0.3, -0.25) is 0 Å². The Labute approximate surface area is 110 Å². The molecule has 0 N–H and O–H groups in total. The van der Waals surface area contributed by atoms with Gasteiger partial charge in [0.2, 0.25) is 0 Å². The van der Waals surface area contributed by atoms with Crippen molar-refractivity contribution in [2.24, 2.45) is 0 Å². The molecule has 1 heterocycles. The zero-order chi connectivity index (χ0) is 13.1. The number of rotatable bonds is 2. The molecule has 18 heavy (non-hydrogen) atoms. The van der Waals surface area contributed by atoms with Crippen LogP contribution in [0.1, 0.15) is 11.5 Å². The smallest absolute Gasteiger partial charge is 0.146 e. The van der Waals surface area contributed by atoms with Crippen molar-refractivity contribution in [2.75, 3.05) is 11.9 Å². The van der Waals surface area contributed by atoms with Gasteiger partial charge in [0.15, 0.2) is 0 Å². The molecule has 0 radical (unpaired) electrons. The highest BCUT2D eigenvalue weighted by Gasteiger charge is 2.08. The lowest BCUT2D eigenvalue weighted by Crippen LogP contribution is -2.12. The van der Waals surface area contributed by atoms with E-state index >= 15 is 0 Å². The maximum absolute atomic E-state index is 8.90. The van der Waals surface area contributed by atoms with Gasteiger partial charge in [0.05, 0.1) is 0 Å². The van der Waals surface area contributed by atoms with Crippen LogP contribution in [0.25, 0.3) is 0 Å². The van der Waals surface area contributed by atoms with Crippen molar-refractivity contribution in [3.63, 3.8) is 0 Å². The standard InChI is InChI=1S/C13H11ClN4/c1-9-16-11(8-15)7-13(17-9)18(2)12-5-3-10(14)4-6-12/h3-7H,1-2H3. The number of benzene rings is 1. The van der Waals surface area contributed by atoms with E-state index in [1.54, 1.807) is 13.0 Å². The molecule has 0 atom stereocenters. The van der Waals surface area contributed by atoms with Gasteiger partial charge in [-0.05, 0) is 31.2 Å². The predicted octanol–water partition coefficient (Wildman–Crippen LogP) is 3.08. The fourth-order valence-corrected chi connectivity index (χ4v) is 1.70. The van der Waals surface area contributed by atoms with E-state index in [0.29, 0.717) is 22.4 Å². The first kappa shape index (κ1) is 12.3. The van der Waals surface area contributed by atoms with Crippen LogP contribution >= 0.6 is 11.6 Å². The maximum Gasteiger partial charge on any atom is 0.146 e. The lowest BCUT2D eigenvalue weighted by Gasteiger charge is -2.18. The summed E-state index contributed by atoms with van der Waals surface area (Å²) in [6.45, 7) is 1.76. The third-order valence-corrected chi connectivity index (χ3v) is 2.75. The van der Waals surface area contributed by atoms with Crippen LogP contribution in [0.3, 0.4) is 0 Å². The fourth-order valence-electron chi connectivity index (χ4n) is 1.58. The summed E-state index contributed by atoms with van der Waals surface area (Å²) in [6.07, 6.45) is 0. The summed E-state index contributed by atoms with van der Waals surface area (Å²) in [5, 5.41) is 9.58. The molecule has 0 unspecified atom stereocenters. The molecule has 0 aliphatic heterocycles. The Bertz CT molecular complexity index is 601. The molecule has 0 spiro atoms. The number of hydrogen-bond acceptors (Lipinski definition) is 4. The lowest BCUT2D eigenvalue weighted by atomic mass is 10.3. The Hall–Kier alpha value is -2.12. The Morgan fingerprint density at radius 3 is 2.50 bits per heavy atom. The summed E-state index contributed by atoms with van der Waals surface area (Å²) in [6, 6.07) is 11.1. The van der Waals surface area contributed by atoms with E-state index in [4.69, 9.17) is 16.9 Å². The number of aromatic nitrogens is 2. The first-order chi connectivity index (χ1) is 8.60. The van der Waals surface area contributed by atoms with Crippen molar-refractivity contribution < 1.29 is 0 Å². The van der Waals surface area contributed by atoms with Crippen LogP contribution in [0.15, 0.2) is 30.3 Å². The highest BCUT2D eigenvalue weighted by molar-refractivity contribution is 6.30. The molecule has 0 aliphatic carbocycles. The molecule has 1 aromatic carbocycles. The van der Waals surface area contributed by atoms with Gasteiger partial charge in [0, 0.05) is 23.8 Å². The monoisotopic (exact) mass is 258 g/mol. The van der Waals surface area contributed by atoms with E-state index in [1.807, 2.05) is 42.3 Å². The van der Waals surface area contributed by atoms with Crippen LogP contribution in [-0.2, 0) is 0 Å². The summed E-state index contributed by atoms with van der Waals surface area (Å²) in [5.41, 5.74) is 1.31. The van der Waals surface area contributed by atoms with Crippen molar-refractivity contribution in [3.8, 4) is 6.07 Å². The molecule has 0 saturated heterocycles. The average Bonchev–Trinajstić information content (AvgIpc) is 2.38. The predicted molar refractivity (Wildman–Crippen MR) is 71.0 cm³/mol. The molecule has 90 valence electrons. The van der Waals surface area contributed by atoms with Gasteiger partial charge in [0.25, 0.3) is 0 Å². The minimum absolute atomic E-state index is 0.360. The second-order valence-corrected chi connectivity index (χ2v) is 4.24. The highest BCUT2D eigenvalue weighted by Crippen LogP contribution is 2.23. The summed E-state index contributed by atoms with van der Waals surface area (Å²) < 4.78 is 0. The number of nitriles is 1. The van der Waals surface area contributed by atoms with Gasteiger partial charge < -0.3 is 4.90 Å². The molecule has 2 aromatic rings. The maximum atomic E-state index is 8.90. The lowest BCUT2D eigenvalue weighted by molar-refractivity contribution is 1.00. The summed E-state index contributed by atoms with van der Waals surface area (Å²) in [4.78, 5) is 10.2. The quantitative estimate of drug-likeness (QED) is 0.831. The Balaban J connectivity index is 2.39. The number of hydrogen-bond donors (Lipinski definition) is 0. The Morgan fingerprint density at radius 2 is 1.89 bits per heavy atom. The van der Waals surface area contributed by atoms with Crippen LogP contribution in [0, 0.1) is 18.3 Å². The van der Waals surface area contributed by atoms with Crippen LogP contribution in [-0.4, -0.2) is 17.0 Å². The van der Waals surface area contributed by atoms with Crippen LogP contribution < -0.4 is 4.90 Å². The Morgan fingerprint density at radius 1 is 1.22 bits per heavy atom. The number of aryl methyl sites for hydroxylation is 1. The highest BCUT2D eigenvalue weighted by atomic mass is 35.5. The zero-order valence-corrected chi connectivity index (χ0v) is 10.8. The molecule has 4 nitrogen and oxygen atoms in total. The zero-order valence-electron chi connectivity index (χ0n) is 10.1. The summed E-state index contributed by atoms with van der Waals surface area (Å²) >= 11 is 5.85. The first-order valence-corrected chi connectivity index (χ1v) is 5.73. The topological polar surface area (TPSA) is 52.8 Å². The van der Waals surface area contributed by atoms with Crippen molar-refractivity contribution in [1.29, 1.82) is 5.26 Å². The van der Waals surface area contributed by atoms with Gasteiger partial charge in [-0.2, -0.15) is 5.26 Å². The van der Waals surface area contributed by atoms with Gasteiger partial charge in [-0.15, -0.1) is 0 Å². The molecule has 0 saturated carbocycles. The van der Waals surface area contributed by atoms with Gasteiger partial charge in [0.1, 0.15) is 23.4 Å².